The van der Waals surface area contributed by atoms with Crippen molar-refractivity contribution in [1.29, 1.82) is 0 Å². The van der Waals surface area contributed by atoms with Gasteiger partial charge in [-0.25, -0.2) is 0 Å². The van der Waals surface area contributed by atoms with Crippen molar-refractivity contribution in [3.63, 3.8) is 0 Å². The Morgan fingerprint density at radius 3 is 2.86 bits per heavy atom. The first kappa shape index (κ1) is 11.0. The first-order chi connectivity index (χ1) is 6.57. The fraction of sp³-hybridized carbons (Fsp3) is 0.778. The van der Waals surface area contributed by atoms with Gasteiger partial charge in [0.05, 0.1) is 6.04 Å². The number of amides is 2. The summed E-state index contributed by atoms with van der Waals surface area (Å²) >= 11 is 0. The van der Waals surface area contributed by atoms with Crippen LogP contribution in [0.2, 0.25) is 0 Å². The van der Waals surface area contributed by atoms with Crippen LogP contribution in [0.1, 0.15) is 20.3 Å². The number of rotatable bonds is 3. The lowest BCUT2D eigenvalue weighted by molar-refractivity contribution is -0.137. The van der Waals surface area contributed by atoms with E-state index >= 15 is 0 Å². The molecule has 14 heavy (non-hydrogen) atoms. The molecule has 0 aromatic heterocycles. The molecule has 0 aromatic carbocycles. The zero-order valence-electron chi connectivity index (χ0n) is 8.62. The molecule has 1 aliphatic rings. The van der Waals surface area contributed by atoms with Gasteiger partial charge < -0.3 is 16.0 Å². The molecule has 2 atom stereocenters. The van der Waals surface area contributed by atoms with Crippen molar-refractivity contribution in [3.8, 4) is 0 Å². The van der Waals surface area contributed by atoms with Crippen LogP contribution in [-0.4, -0.2) is 41.9 Å². The molecule has 80 valence electrons. The maximum Gasteiger partial charge on any atom is 0.242 e. The first-order valence-electron chi connectivity index (χ1n) is 4.91. The van der Waals surface area contributed by atoms with Crippen LogP contribution in [0.5, 0.6) is 0 Å². The van der Waals surface area contributed by atoms with E-state index in [4.69, 9.17) is 5.73 Å². The van der Waals surface area contributed by atoms with Gasteiger partial charge in [0, 0.05) is 13.1 Å². The number of likely N-dealkylation sites (tertiary alicyclic amines) is 1. The quantitative estimate of drug-likeness (QED) is 0.616. The maximum absolute atomic E-state index is 11.5. The largest absolute Gasteiger partial charge is 0.355 e. The molecule has 0 aromatic rings. The molecule has 5 heteroatoms. The van der Waals surface area contributed by atoms with Crippen molar-refractivity contribution < 1.29 is 9.59 Å². The Labute approximate surface area is 83.6 Å². The highest BCUT2D eigenvalue weighted by molar-refractivity contribution is 5.90. The minimum Gasteiger partial charge on any atom is -0.355 e. The predicted octanol–water partition coefficient (Wildman–Crippen LogP) is -0.929. The molecule has 0 radical (unpaired) electrons. The van der Waals surface area contributed by atoms with Gasteiger partial charge in [0.25, 0.3) is 0 Å². The zero-order chi connectivity index (χ0) is 10.7. The Morgan fingerprint density at radius 1 is 1.79 bits per heavy atom. The number of hydrogen-bond acceptors (Lipinski definition) is 3. The van der Waals surface area contributed by atoms with E-state index in [2.05, 4.69) is 5.32 Å². The summed E-state index contributed by atoms with van der Waals surface area (Å²) in [5, 5.41) is 2.68. The summed E-state index contributed by atoms with van der Waals surface area (Å²) in [5.41, 5.74) is 5.56. The summed E-state index contributed by atoms with van der Waals surface area (Å²) in [7, 11) is 0. The van der Waals surface area contributed by atoms with Gasteiger partial charge >= 0.3 is 0 Å². The van der Waals surface area contributed by atoms with Crippen molar-refractivity contribution in [1.82, 2.24) is 10.2 Å². The first-order valence-corrected chi connectivity index (χ1v) is 4.91. The summed E-state index contributed by atoms with van der Waals surface area (Å²) in [6, 6.07) is -0.831. The van der Waals surface area contributed by atoms with Gasteiger partial charge in [-0.3, -0.25) is 9.59 Å². The van der Waals surface area contributed by atoms with E-state index in [0.29, 0.717) is 19.5 Å². The molecule has 1 aliphatic heterocycles. The third-order valence-electron chi connectivity index (χ3n) is 2.48. The number of carbonyl (C=O) groups is 2. The third kappa shape index (κ3) is 2.04. The fourth-order valence-electron chi connectivity index (χ4n) is 1.57. The van der Waals surface area contributed by atoms with Crippen LogP contribution in [0, 0.1) is 0 Å². The molecule has 3 N–H and O–H groups in total. The van der Waals surface area contributed by atoms with Crippen LogP contribution in [0.3, 0.4) is 0 Å². The Morgan fingerprint density at radius 2 is 2.43 bits per heavy atom. The molecule has 2 amide bonds. The average molecular weight is 199 g/mol. The molecule has 0 bridgehead atoms. The standard InChI is InChI=1S/C9H17N3O2/c1-3-11-8(13)6(2)12-5-4-7(10)9(12)14/h6-7H,3-5,10H2,1-2H3,(H,11,13). The zero-order valence-corrected chi connectivity index (χ0v) is 8.62. The summed E-state index contributed by atoms with van der Waals surface area (Å²) in [4.78, 5) is 24.5. The molecule has 0 spiro atoms. The minimum absolute atomic E-state index is 0.116. The van der Waals surface area contributed by atoms with Crippen LogP contribution >= 0.6 is 0 Å². The molecule has 5 nitrogen and oxygen atoms in total. The number of nitrogens with zero attached hydrogens (tertiary/aromatic N) is 1. The van der Waals surface area contributed by atoms with Crippen LogP contribution in [0.4, 0.5) is 0 Å². The van der Waals surface area contributed by atoms with E-state index in [-0.39, 0.29) is 11.8 Å². The van der Waals surface area contributed by atoms with E-state index in [9.17, 15) is 9.59 Å². The minimum atomic E-state index is -0.424. The van der Waals surface area contributed by atoms with Gasteiger partial charge in [-0.1, -0.05) is 0 Å². The summed E-state index contributed by atoms with van der Waals surface area (Å²) < 4.78 is 0. The Bertz CT molecular complexity index is 242. The molecular formula is C9H17N3O2. The summed E-state index contributed by atoms with van der Waals surface area (Å²) in [6.45, 7) is 4.73. The summed E-state index contributed by atoms with van der Waals surface area (Å²) in [6.07, 6.45) is 0.641. The monoisotopic (exact) mass is 199 g/mol. The Hall–Kier alpha value is -1.10. The molecule has 1 heterocycles. The van der Waals surface area contributed by atoms with E-state index in [1.165, 1.54) is 4.90 Å². The number of nitrogens with two attached hydrogens (primary N) is 1. The Kier molecular flexibility index (Phi) is 3.46. The van der Waals surface area contributed by atoms with Crippen LogP contribution in [-0.2, 0) is 9.59 Å². The van der Waals surface area contributed by atoms with E-state index in [1.807, 2.05) is 6.92 Å². The average Bonchev–Trinajstić information content (AvgIpc) is 2.47. The summed E-state index contributed by atoms with van der Waals surface area (Å²) in [5.74, 6) is -0.237. The lowest BCUT2D eigenvalue weighted by Crippen LogP contribution is -2.47. The van der Waals surface area contributed by atoms with E-state index < -0.39 is 12.1 Å². The second-order valence-electron chi connectivity index (χ2n) is 3.50. The van der Waals surface area contributed by atoms with Gasteiger partial charge in [0.15, 0.2) is 0 Å². The van der Waals surface area contributed by atoms with Gasteiger partial charge in [-0.2, -0.15) is 0 Å². The number of carbonyl (C=O) groups excluding carboxylic acids is 2. The van der Waals surface area contributed by atoms with Gasteiger partial charge in [0.1, 0.15) is 6.04 Å². The fourth-order valence-corrected chi connectivity index (χ4v) is 1.57. The second kappa shape index (κ2) is 4.41. The van der Waals surface area contributed by atoms with E-state index in [1.54, 1.807) is 6.92 Å². The smallest absolute Gasteiger partial charge is 0.242 e. The Balaban J connectivity index is 2.57. The maximum atomic E-state index is 11.5. The highest BCUT2D eigenvalue weighted by Crippen LogP contribution is 2.12. The van der Waals surface area contributed by atoms with Crippen LogP contribution in [0.25, 0.3) is 0 Å². The second-order valence-corrected chi connectivity index (χ2v) is 3.50. The molecule has 1 fully saturated rings. The molecule has 1 saturated heterocycles. The van der Waals surface area contributed by atoms with E-state index in [0.717, 1.165) is 0 Å². The highest BCUT2D eigenvalue weighted by Gasteiger charge is 2.34. The van der Waals surface area contributed by atoms with Crippen LogP contribution in [0.15, 0.2) is 0 Å². The lowest BCUT2D eigenvalue weighted by atomic mass is 10.2. The van der Waals surface area contributed by atoms with Crippen molar-refractivity contribution in [2.45, 2.75) is 32.4 Å². The van der Waals surface area contributed by atoms with Gasteiger partial charge in [-0.05, 0) is 20.3 Å². The number of nitrogens with one attached hydrogen (secondary N) is 1. The SMILES string of the molecule is CCNC(=O)C(C)N1CCC(N)C1=O. The number of hydrogen-bond donors (Lipinski definition) is 2. The van der Waals surface area contributed by atoms with Crippen LogP contribution < -0.4 is 11.1 Å². The van der Waals surface area contributed by atoms with Crippen molar-refractivity contribution >= 4 is 11.8 Å². The molecule has 0 saturated carbocycles. The van der Waals surface area contributed by atoms with Crippen molar-refractivity contribution in [3.05, 3.63) is 0 Å². The van der Waals surface area contributed by atoms with Gasteiger partial charge in [0.2, 0.25) is 11.8 Å². The predicted molar refractivity (Wildman–Crippen MR) is 52.5 cm³/mol. The van der Waals surface area contributed by atoms with Crippen molar-refractivity contribution in [2.24, 2.45) is 5.73 Å². The molecule has 0 aliphatic carbocycles. The normalized spacial score (nSPS) is 23.8. The molecular weight excluding hydrogens is 182 g/mol. The lowest BCUT2D eigenvalue weighted by Gasteiger charge is -2.23. The third-order valence-corrected chi connectivity index (χ3v) is 2.48. The molecule has 1 rings (SSSR count). The van der Waals surface area contributed by atoms with Crippen molar-refractivity contribution in [2.75, 3.05) is 13.1 Å². The highest BCUT2D eigenvalue weighted by atomic mass is 16.2. The van der Waals surface area contributed by atoms with Gasteiger partial charge in [-0.15, -0.1) is 0 Å². The molecule has 2 unspecified atom stereocenters. The number of likely N-dealkylation sites (N-methyl/N-ethyl adjacent to an activating group) is 1. The topological polar surface area (TPSA) is 75.4 Å².